The van der Waals surface area contributed by atoms with Gasteiger partial charge >= 0.3 is 0 Å². The van der Waals surface area contributed by atoms with Gasteiger partial charge in [0.15, 0.2) is 5.16 Å². The summed E-state index contributed by atoms with van der Waals surface area (Å²) in [6.07, 6.45) is 1.55. The molecule has 1 aromatic carbocycles. The summed E-state index contributed by atoms with van der Waals surface area (Å²) in [4.78, 5) is 32.5. The third-order valence-electron chi connectivity index (χ3n) is 4.26. The molecular weight excluding hydrogens is 413 g/mol. The van der Waals surface area contributed by atoms with Crippen LogP contribution in [0.15, 0.2) is 62.4 Å². The van der Waals surface area contributed by atoms with E-state index in [-0.39, 0.29) is 29.1 Å². The fourth-order valence-electron chi connectivity index (χ4n) is 2.87. The van der Waals surface area contributed by atoms with Crippen LogP contribution in [0, 0.1) is 5.82 Å². The highest BCUT2D eigenvalue weighted by Gasteiger charge is 2.15. The van der Waals surface area contributed by atoms with Crippen LogP contribution in [0.1, 0.15) is 18.7 Å². The minimum atomic E-state index is -0.335. The number of carbonyl (C=O) groups is 1. The van der Waals surface area contributed by atoms with Gasteiger partial charge in [-0.15, -0.1) is 11.3 Å². The lowest BCUT2D eigenvalue weighted by molar-refractivity contribution is -0.119. The molecule has 29 heavy (non-hydrogen) atoms. The monoisotopic (exact) mass is 429 g/mol. The summed E-state index contributed by atoms with van der Waals surface area (Å²) in [6, 6.07) is 9.27. The third-order valence-corrected chi connectivity index (χ3v) is 6.01. The van der Waals surface area contributed by atoms with Gasteiger partial charge in [0.2, 0.25) is 5.91 Å². The molecule has 1 atom stereocenters. The number of carbonyl (C=O) groups excluding carboxylic acids is 1. The average molecular weight is 429 g/mol. The zero-order chi connectivity index (χ0) is 20.4. The minimum Gasteiger partial charge on any atom is -0.467 e. The molecule has 4 rings (SSSR count). The number of H-pyrrole nitrogens is 1. The van der Waals surface area contributed by atoms with E-state index in [2.05, 4.69) is 15.3 Å². The van der Waals surface area contributed by atoms with E-state index in [1.807, 2.05) is 12.3 Å². The Morgan fingerprint density at radius 1 is 1.34 bits per heavy atom. The first-order chi connectivity index (χ1) is 14.0. The van der Waals surface area contributed by atoms with Gasteiger partial charge in [-0.25, -0.2) is 9.37 Å². The van der Waals surface area contributed by atoms with Crippen LogP contribution in [0.25, 0.3) is 21.3 Å². The Hall–Kier alpha value is -2.91. The van der Waals surface area contributed by atoms with Gasteiger partial charge < -0.3 is 14.7 Å². The van der Waals surface area contributed by atoms with Gasteiger partial charge in [-0.3, -0.25) is 9.59 Å². The third kappa shape index (κ3) is 4.25. The second kappa shape index (κ2) is 8.22. The summed E-state index contributed by atoms with van der Waals surface area (Å²) < 4.78 is 18.4. The van der Waals surface area contributed by atoms with E-state index >= 15 is 0 Å². The molecule has 0 saturated carbocycles. The first-order valence-electron chi connectivity index (χ1n) is 8.74. The quantitative estimate of drug-likeness (QED) is 0.351. The maximum atomic E-state index is 13.2. The summed E-state index contributed by atoms with van der Waals surface area (Å²) in [5, 5.41) is 5.49. The number of nitrogens with one attached hydrogen (secondary N) is 2. The van der Waals surface area contributed by atoms with Crippen LogP contribution in [-0.2, 0) is 4.79 Å². The zero-order valence-corrected chi connectivity index (χ0v) is 16.9. The second-order valence-corrected chi connectivity index (χ2v) is 8.12. The Morgan fingerprint density at radius 3 is 2.86 bits per heavy atom. The molecular formula is C20H16FN3O3S2. The topological polar surface area (TPSA) is 88.0 Å². The van der Waals surface area contributed by atoms with Gasteiger partial charge in [0.1, 0.15) is 16.4 Å². The molecule has 2 N–H and O–H groups in total. The highest BCUT2D eigenvalue weighted by Crippen LogP contribution is 2.31. The van der Waals surface area contributed by atoms with Crippen molar-refractivity contribution in [3.05, 3.63) is 70.0 Å². The van der Waals surface area contributed by atoms with Gasteiger partial charge in [0, 0.05) is 10.9 Å². The van der Waals surface area contributed by atoms with Crippen LogP contribution >= 0.6 is 23.1 Å². The van der Waals surface area contributed by atoms with Crippen LogP contribution in [-0.4, -0.2) is 21.6 Å². The maximum absolute atomic E-state index is 13.2. The van der Waals surface area contributed by atoms with E-state index in [4.69, 9.17) is 4.42 Å². The van der Waals surface area contributed by atoms with Crippen molar-refractivity contribution in [3.8, 4) is 11.1 Å². The number of thiophene rings is 1. The number of rotatable bonds is 6. The van der Waals surface area contributed by atoms with Crippen molar-refractivity contribution >= 4 is 39.2 Å². The molecule has 0 bridgehead atoms. The summed E-state index contributed by atoms with van der Waals surface area (Å²) in [5.74, 6) is 0.247. The first kappa shape index (κ1) is 19.4. The molecule has 3 heterocycles. The zero-order valence-electron chi connectivity index (χ0n) is 15.3. The Morgan fingerprint density at radius 2 is 2.14 bits per heavy atom. The van der Waals surface area contributed by atoms with Crippen molar-refractivity contribution in [3.63, 3.8) is 0 Å². The number of amides is 1. The molecule has 9 heteroatoms. The van der Waals surface area contributed by atoms with Gasteiger partial charge in [-0.05, 0) is 36.8 Å². The number of benzene rings is 1. The molecule has 0 aliphatic rings. The molecule has 0 saturated heterocycles. The largest absolute Gasteiger partial charge is 0.467 e. The summed E-state index contributed by atoms with van der Waals surface area (Å²) in [7, 11) is 0. The summed E-state index contributed by atoms with van der Waals surface area (Å²) >= 11 is 2.48. The molecule has 4 aromatic rings. The number of aromatic amines is 1. The maximum Gasteiger partial charge on any atom is 0.260 e. The molecule has 0 spiro atoms. The Kier molecular flexibility index (Phi) is 5.50. The van der Waals surface area contributed by atoms with Crippen molar-refractivity contribution < 1.29 is 13.6 Å². The lowest BCUT2D eigenvalue weighted by Gasteiger charge is -2.10. The molecule has 1 amide bonds. The number of hydrogen-bond donors (Lipinski definition) is 2. The Balaban J connectivity index is 1.48. The predicted molar refractivity (Wildman–Crippen MR) is 112 cm³/mol. The van der Waals surface area contributed by atoms with Crippen molar-refractivity contribution in [1.82, 2.24) is 15.3 Å². The van der Waals surface area contributed by atoms with Crippen molar-refractivity contribution in [2.24, 2.45) is 0 Å². The normalized spacial score (nSPS) is 12.2. The van der Waals surface area contributed by atoms with Gasteiger partial charge in [-0.1, -0.05) is 23.9 Å². The first-order valence-corrected chi connectivity index (χ1v) is 10.6. The fourth-order valence-corrected chi connectivity index (χ4v) is 4.54. The highest BCUT2D eigenvalue weighted by molar-refractivity contribution is 7.99. The fraction of sp³-hybridized carbons (Fsp3) is 0.150. The SMILES string of the molecule is CC(NC(=O)CSc1nc2scc(-c3ccc(F)cc3)c2c(=O)[nH]1)c1ccco1. The van der Waals surface area contributed by atoms with Gasteiger partial charge in [-0.2, -0.15) is 0 Å². The molecule has 1 unspecified atom stereocenters. The van der Waals surface area contributed by atoms with E-state index in [0.29, 0.717) is 26.7 Å². The second-order valence-electron chi connectivity index (χ2n) is 6.30. The Bertz CT molecular complexity index is 1200. The lowest BCUT2D eigenvalue weighted by atomic mass is 10.1. The number of nitrogens with zero attached hydrogens (tertiary/aromatic N) is 1. The number of hydrogen-bond acceptors (Lipinski definition) is 6. The van der Waals surface area contributed by atoms with Gasteiger partial charge in [0.05, 0.1) is 23.4 Å². The summed E-state index contributed by atoms with van der Waals surface area (Å²) in [5.41, 5.74) is 1.17. The number of furan rings is 1. The van der Waals surface area contributed by atoms with E-state index in [1.165, 1.54) is 23.5 Å². The number of halogens is 1. The predicted octanol–water partition coefficient (Wildman–Crippen LogP) is 4.35. The van der Waals surface area contributed by atoms with E-state index in [0.717, 1.165) is 17.3 Å². The highest BCUT2D eigenvalue weighted by atomic mass is 32.2. The molecule has 148 valence electrons. The van der Waals surface area contributed by atoms with Crippen molar-refractivity contribution in [1.29, 1.82) is 0 Å². The van der Waals surface area contributed by atoms with E-state index in [9.17, 15) is 14.0 Å². The molecule has 0 radical (unpaired) electrons. The average Bonchev–Trinajstić information content (AvgIpc) is 3.37. The van der Waals surface area contributed by atoms with Crippen LogP contribution in [0.3, 0.4) is 0 Å². The van der Waals surface area contributed by atoms with Crippen molar-refractivity contribution in [2.45, 2.75) is 18.1 Å². The standard InChI is InChI=1S/C20H16FN3O3S2/c1-11(15-3-2-8-27-15)22-16(25)10-29-20-23-18(26)17-14(9-28-19(17)24-20)12-4-6-13(21)7-5-12/h2-9,11H,10H2,1H3,(H,22,25)(H,23,24,26). The minimum absolute atomic E-state index is 0.107. The van der Waals surface area contributed by atoms with Crippen molar-refractivity contribution in [2.75, 3.05) is 5.75 Å². The van der Waals surface area contributed by atoms with E-state index in [1.54, 1.807) is 30.5 Å². The van der Waals surface area contributed by atoms with Crippen LogP contribution in [0.2, 0.25) is 0 Å². The number of thioether (sulfide) groups is 1. The van der Waals surface area contributed by atoms with E-state index < -0.39 is 0 Å². The lowest BCUT2D eigenvalue weighted by Crippen LogP contribution is -2.28. The molecule has 3 aromatic heterocycles. The van der Waals surface area contributed by atoms with Crippen LogP contribution < -0.4 is 10.9 Å². The smallest absolute Gasteiger partial charge is 0.260 e. The Labute approximate surface area is 173 Å². The molecule has 6 nitrogen and oxygen atoms in total. The molecule has 0 aliphatic heterocycles. The number of aromatic nitrogens is 2. The van der Waals surface area contributed by atoms with Crippen LogP contribution in [0.5, 0.6) is 0 Å². The summed E-state index contributed by atoms with van der Waals surface area (Å²) in [6.45, 7) is 1.83. The molecule has 0 fully saturated rings. The van der Waals surface area contributed by atoms with Gasteiger partial charge in [0.25, 0.3) is 5.56 Å². The van der Waals surface area contributed by atoms with Crippen LogP contribution in [0.4, 0.5) is 4.39 Å². The molecule has 0 aliphatic carbocycles. The number of fused-ring (bicyclic) bond motifs is 1.